The summed E-state index contributed by atoms with van der Waals surface area (Å²) in [5.41, 5.74) is 2.72. The van der Waals surface area contributed by atoms with Crippen LogP contribution in [0.1, 0.15) is 24.1 Å². The van der Waals surface area contributed by atoms with Gasteiger partial charge in [-0.15, -0.1) is 0 Å². The van der Waals surface area contributed by atoms with E-state index in [2.05, 4.69) is 26.0 Å². The van der Waals surface area contributed by atoms with Crippen molar-refractivity contribution in [3.05, 3.63) is 58.1 Å². The van der Waals surface area contributed by atoms with E-state index in [-0.39, 0.29) is 11.8 Å². The Balaban J connectivity index is 2.24. The van der Waals surface area contributed by atoms with Crippen molar-refractivity contribution in [3.8, 4) is 5.75 Å². The number of alkyl halides is 2. The number of aryl methyl sites for hydroxylation is 1. The van der Waals surface area contributed by atoms with Crippen LogP contribution in [0, 0.1) is 6.92 Å². The molecule has 0 aliphatic heterocycles. The highest BCUT2D eigenvalue weighted by Gasteiger charge is 2.15. The van der Waals surface area contributed by atoms with Gasteiger partial charge in [-0.25, -0.2) is 0 Å². The van der Waals surface area contributed by atoms with Gasteiger partial charge in [-0.3, -0.25) is 0 Å². The number of benzene rings is 2. The maximum absolute atomic E-state index is 12.5. The Bertz CT molecular complexity index is 619. The number of anilines is 1. The van der Waals surface area contributed by atoms with Gasteiger partial charge in [-0.1, -0.05) is 40.2 Å². The van der Waals surface area contributed by atoms with Gasteiger partial charge in [-0.05, 0) is 37.6 Å². The van der Waals surface area contributed by atoms with E-state index in [0.717, 1.165) is 15.7 Å². The summed E-state index contributed by atoms with van der Waals surface area (Å²) in [4.78, 5) is 0. The lowest BCUT2D eigenvalue weighted by atomic mass is 10.1. The van der Waals surface area contributed by atoms with Crippen molar-refractivity contribution in [1.82, 2.24) is 0 Å². The Hall–Kier alpha value is -1.62. The topological polar surface area (TPSA) is 21.3 Å². The zero-order chi connectivity index (χ0) is 15.4. The molecule has 112 valence electrons. The highest BCUT2D eigenvalue weighted by Crippen LogP contribution is 2.30. The molecule has 0 radical (unpaired) electrons. The van der Waals surface area contributed by atoms with Gasteiger partial charge in [0.15, 0.2) is 0 Å². The van der Waals surface area contributed by atoms with E-state index < -0.39 is 6.61 Å². The molecule has 0 heterocycles. The Morgan fingerprint density at radius 1 is 1.14 bits per heavy atom. The average Bonchev–Trinajstić information content (AvgIpc) is 2.42. The van der Waals surface area contributed by atoms with E-state index in [0.29, 0.717) is 5.56 Å². The molecule has 5 heteroatoms. The molecule has 0 saturated carbocycles. The number of halogens is 3. The van der Waals surface area contributed by atoms with Crippen molar-refractivity contribution >= 4 is 21.6 Å². The fraction of sp³-hybridized carbons (Fsp3) is 0.250. The smallest absolute Gasteiger partial charge is 0.387 e. The molecular formula is C16H16BrF2NO. The maximum Gasteiger partial charge on any atom is 0.387 e. The normalized spacial score (nSPS) is 12.3. The minimum absolute atomic E-state index is 0.159. The molecule has 0 aliphatic rings. The van der Waals surface area contributed by atoms with Gasteiger partial charge < -0.3 is 10.1 Å². The number of rotatable bonds is 5. The van der Waals surface area contributed by atoms with Gasteiger partial charge in [0.2, 0.25) is 0 Å². The zero-order valence-electron chi connectivity index (χ0n) is 11.7. The van der Waals surface area contributed by atoms with Crippen LogP contribution in [0.25, 0.3) is 0 Å². The summed E-state index contributed by atoms with van der Waals surface area (Å²) in [7, 11) is 0. The van der Waals surface area contributed by atoms with Crippen molar-refractivity contribution in [2.45, 2.75) is 26.5 Å². The Morgan fingerprint density at radius 3 is 2.57 bits per heavy atom. The van der Waals surface area contributed by atoms with Crippen LogP contribution >= 0.6 is 15.9 Å². The summed E-state index contributed by atoms with van der Waals surface area (Å²) in [6.07, 6.45) is 0. The van der Waals surface area contributed by atoms with Crippen molar-refractivity contribution in [3.63, 3.8) is 0 Å². The average molecular weight is 356 g/mol. The van der Waals surface area contributed by atoms with Gasteiger partial charge in [0.25, 0.3) is 0 Å². The summed E-state index contributed by atoms with van der Waals surface area (Å²) < 4.78 is 30.5. The SMILES string of the molecule is Cc1ccc(Br)cc1NC(C)c1ccccc1OC(F)F. The molecule has 0 aliphatic carbocycles. The first-order chi connectivity index (χ1) is 9.97. The van der Waals surface area contributed by atoms with Crippen molar-refractivity contribution < 1.29 is 13.5 Å². The molecule has 2 aromatic rings. The summed E-state index contributed by atoms with van der Waals surface area (Å²) in [6, 6.07) is 12.6. The minimum atomic E-state index is -2.83. The fourth-order valence-corrected chi connectivity index (χ4v) is 2.46. The lowest BCUT2D eigenvalue weighted by Gasteiger charge is -2.20. The van der Waals surface area contributed by atoms with E-state index in [4.69, 9.17) is 0 Å². The first-order valence-electron chi connectivity index (χ1n) is 6.54. The maximum atomic E-state index is 12.5. The van der Waals surface area contributed by atoms with Crippen LogP contribution in [-0.2, 0) is 0 Å². The molecule has 0 fully saturated rings. The van der Waals surface area contributed by atoms with Gasteiger partial charge in [0.05, 0.1) is 6.04 Å². The Morgan fingerprint density at radius 2 is 1.86 bits per heavy atom. The van der Waals surface area contributed by atoms with Gasteiger partial charge in [0, 0.05) is 15.7 Å². The molecule has 21 heavy (non-hydrogen) atoms. The minimum Gasteiger partial charge on any atom is -0.434 e. The second kappa shape index (κ2) is 6.89. The first kappa shape index (κ1) is 15.8. The van der Waals surface area contributed by atoms with Gasteiger partial charge >= 0.3 is 6.61 Å². The summed E-state index contributed by atoms with van der Waals surface area (Å²) >= 11 is 3.43. The lowest BCUT2D eigenvalue weighted by molar-refractivity contribution is -0.0505. The number of ether oxygens (including phenoxy) is 1. The molecule has 2 rings (SSSR count). The molecule has 1 unspecified atom stereocenters. The highest BCUT2D eigenvalue weighted by atomic mass is 79.9. The van der Waals surface area contributed by atoms with Crippen LogP contribution < -0.4 is 10.1 Å². The molecular weight excluding hydrogens is 340 g/mol. The predicted molar refractivity (Wildman–Crippen MR) is 84.0 cm³/mol. The summed E-state index contributed by atoms with van der Waals surface area (Å²) in [6.45, 7) is 1.07. The van der Waals surface area contributed by atoms with Crippen LogP contribution in [-0.4, -0.2) is 6.61 Å². The second-order valence-electron chi connectivity index (χ2n) is 4.74. The van der Waals surface area contributed by atoms with Crippen LogP contribution in [0.3, 0.4) is 0 Å². The molecule has 2 aromatic carbocycles. The summed E-state index contributed by atoms with van der Waals surface area (Å²) in [5.74, 6) is 0.195. The van der Waals surface area contributed by atoms with Crippen LogP contribution in [0.4, 0.5) is 14.5 Å². The quantitative estimate of drug-likeness (QED) is 0.760. The summed E-state index contributed by atoms with van der Waals surface area (Å²) in [5, 5.41) is 3.33. The second-order valence-corrected chi connectivity index (χ2v) is 5.66. The van der Waals surface area contributed by atoms with Crippen LogP contribution in [0.5, 0.6) is 5.75 Å². The van der Waals surface area contributed by atoms with E-state index >= 15 is 0 Å². The standard InChI is InChI=1S/C16H16BrF2NO/c1-10-7-8-12(17)9-14(10)20-11(2)13-5-3-4-6-15(13)21-16(18)19/h3-9,11,16,20H,1-2H3. The van der Waals surface area contributed by atoms with E-state index in [1.807, 2.05) is 32.0 Å². The van der Waals surface area contributed by atoms with Crippen molar-refractivity contribution in [2.24, 2.45) is 0 Å². The Labute approximate surface area is 131 Å². The largest absolute Gasteiger partial charge is 0.434 e. The number of hydrogen-bond acceptors (Lipinski definition) is 2. The van der Waals surface area contributed by atoms with Crippen LogP contribution in [0.15, 0.2) is 46.9 Å². The fourth-order valence-electron chi connectivity index (χ4n) is 2.10. The Kier molecular flexibility index (Phi) is 5.17. The van der Waals surface area contributed by atoms with E-state index in [1.165, 1.54) is 0 Å². The molecule has 0 spiro atoms. The molecule has 2 nitrogen and oxygen atoms in total. The van der Waals surface area contributed by atoms with Crippen molar-refractivity contribution in [2.75, 3.05) is 5.32 Å². The molecule has 0 amide bonds. The number of para-hydroxylation sites is 1. The van der Waals surface area contributed by atoms with Gasteiger partial charge in [0.1, 0.15) is 5.75 Å². The van der Waals surface area contributed by atoms with Crippen molar-refractivity contribution in [1.29, 1.82) is 0 Å². The van der Waals surface area contributed by atoms with Gasteiger partial charge in [-0.2, -0.15) is 8.78 Å². The molecule has 1 N–H and O–H groups in total. The first-order valence-corrected chi connectivity index (χ1v) is 7.33. The molecule has 0 aromatic heterocycles. The van der Waals surface area contributed by atoms with E-state index in [9.17, 15) is 8.78 Å². The zero-order valence-corrected chi connectivity index (χ0v) is 13.3. The highest BCUT2D eigenvalue weighted by molar-refractivity contribution is 9.10. The predicted octanol–water partition coefficient (Wildman–Crippen LogP) is 5.53. The molecule has 0 bridgehead atoms. The lowest BCUT2D eigenvalue weighted by Crippen LogP contribution is -2.11. The molecule has 0 saturated heterocycles. The monoisotopic (exact) mass is 355 g/mol. The molecule has 1 atom stereocenters. The third-order valence-corrected chi connectivity index (χ3v) is 3.67. The third kappa shape index (κ3) is 4.17. The third-order valence-electron chi connectivity index (χ3n) is 3.17. The van der Waals surface area contributed by atoms with E-state index in [1.54, 1.807) is 24.3 Å². The number of hydrogen-bond donors (Lipinski definition) is 1. The van der Waals surface area contributed by atoms with Crippen LogP contribution in [0.2, 0.25) is 0 Å². The number of nitrogens with one attached hydrogen (secondary N) is 1.